The number of rotatable bonds is 8. The van der Waals surface area contributed by atoms with Crippen molar-refractivity contribution in [2.75, 3.05) is 39.3 Å². The smallest absolute Gasteiger partial charge is 0.254 e. The van der Waals surface area contributed by atoms with Crippen molar-refractivity contribution in [1.29, 1.82) is 0 Å². The largest absolute Gasteiger partial charge is 0.440 e. The maximum absolute atomic E-state index is 15.1. The number of halogens is 2. The predicted molar refractivity (Wildman–Crippen MR) is 149 cm³/mol. The van der Waals surface area contributed by atoms with Crippen LogP contribution in [0, 0.1) is 18.6 Å². The highest BCUT2D eigenvalue weighted by Crippen LogP contribution is 2.32. The highest BCUT2D eigenvalue weighted by molar-refractivity contribution is 5.95. The number of hydrogen-bond donors (Lipinski definition) is 1. The van der Waals surface area contributed by atoms with Crippen molar-refractivity contribution in [3.63, 3.8) is 0 Å². The number of nitrogens with zero attached hydrogens (tertiary/aromatic N) is 3. The van der Waals surface area contributed by atoms with E-state index < -0.39 is 11.6 Å². The van der Waals surface area contributed by atoms with Crippen molar-refractivity contribution in [3.8, 4) is 11.1 Å². The lowest BCUT2D eigenvalue weighted by Gasteiger charge is -2.27. The van der Waals surface area contributed by atoms with Crippen LogP contribution in [0.25, 0.3) is 22.2 Å². The molecule has 3 aromatic carbocycles. The maximum atomic E-state index is 15.1. The second kappa shape index (κ2) is 11.6. The standard InChI is InChI=1S/C31H34F2N4O2/c1-4-37(5-2)31(38)23-10-9-21(15-20(23)3)16-29-35-28-8-6-7-24(30(28)39-29)22-17-26(32)25(27(33)18-22)19-36-13-11-34-12-14-36/h6-10,15,17-18,34H,4-5,11-14,16,19H2,1-3H3. The summed E-state index contributed by atoms with van der Waals surface area (Å²) >= 11 is 0. The minimum atomic E-state index is -0.560. The second-order valence-corrected chi connectivity index (χ2v) is 10.0. The molecule has 0 saturated carbocycles. The molecule has 4 aromatic rings. The van der Waals surface area contributed by atoms with Crippen LogP contribution in [0.3, 0.4) is 0 Å². The van der Waals surface area contributed by atoms with Crippen molar-refractivity contribution in [1.82, 2.24) is 20.1 Å². The Labute approximate surface area is 227 Å². The Kier molecular flexibility index (Phi) is 8.04. The molecule has 204 valence electrons. The number of para-hydroxylation sites is 1. The lowest BCUT2D eigenvalue weighted by atomic mass is 10.0. The van der Waals surface area contributed by atoms with E-state index in [1.807, 2.05) is 51.1 Å². The Morgan fingerprint density at radius 2 is 1.77 bits per heavy atom. The van der Waals surface area contributed by atoms with Gasteiger partial charge in [-0.25, -0.2) is 13.8 Å². The third kappa shape index (κ3) is 5.72. The Hall–Kier alpha value is -3.62. The molecule has 1 amide bonds. The normalized spacial score (nSPS) is 14.2. The molecule has 2 heterocycles. The Bertz CT molecular complexity index is 1470. The summed E-state index contributed by atoms with van der Waals surface area (Å²) in [5.74, 6) is -0.602. The zero-order chi connectivity index (χ0) is 27.5. The summed E-state index contributed by atoms with van der Waals surface area (Å²) in [7, 11) is 0. The van der Waals surface area contributed by atoms with Gasteiger partial charge in [0.2, 0.25) is 0 Å². The summed E-state index contributed by atoms with van der Waals surface area (Å²) in [6.07, 6.45) is 0.432. The summed E-state index contributed by atoms with van der Waals surface area (Å²) in [4.78, 5) is 21.3. The highest BCUT2D eigenvalue weighted by Gasteiger charge is 2.20. The number of aromatic nitrogens is 1. The minimum absolute atomic E-state index is 0.0222. The van der Waals surface area contributed by atoms with Crippen molar-refractivity contribution >= 4 is 17.0 Å². The molecule has 1 saturated heterocycles. The van der Waals surface area contributed by atoms with E-state index in [1.165, 1.54) is 12.1 Å². The highest BCUT2D eigenvalue weighted by atomic mass is 19.1. The molecule has 0 unspecified atom stereocenters. The monoisotopic (exact) mass is 532 g/mol. The molecule has 8 heteroatoms. The summed E-state index contributed by atoms with van der Waals surface area (Å²) in [6, 6.07) is 13.9. The number of carbonyl (C=O) groups excluding carboxylic acids is 1. The average molecular weight is 533 g/mol. The van der Waals surface area contributed by atoms with E-state index in [0.717, 1.165) is 37.3 Å². The zero-order valence-corrected chi connectivity index (χ0v) is 22.7. The molecule has 1 fully saturated rings. The number of benzene rings is 3. The van der Waals surface area contributed by atoms with Gasteiger partial charge in [0.15, 0.2) is 11.5 Å². The van der Waals surface area contributed by atoms with Crippen molar-refractivity contribution in [2.45, 2.75) is 33.7 Å². The van der Waals surface area contributed by atoms with E-state index in [4.69, 9.17) is 4.42 Å². The molecule has 1 aromatic heterocycles. The predicted octanol–water partition coefficient (Wildman–Crippen LogP) is 5.56. The fourth-order valence-electron chi connectivity index (χ4n) is 5.23. The third-order valence-corrected chi connectivity index (χ3v) is 7.43. The van der Waals surface area contributed by atoms with E-state index in [-0.39, 0.29) is 18.0 Å². The lowest BCUT2D eigenvalue weighted by molar-refractivity contribution is 0.0772. The van der Waals surface area contributed by atoms with E-state index in [1.54, 1.807) is 11.0 Å². The molecule has 6 nitrogen and oxygen atoms in total. The van der Waals surface area contributed by atoms with Crippen LogP contribution in [0.15, 0.2) is 52.9 Å². The van der Waals surface area contributed by atoms with Gasteiger partial charge in [-0.2, -0.15) is 0 Å². The molecular weight excluding hydrogens is 498 g/mol. The van der Waals surface area contributed by atoms with E-state index in [0.29, 0.717) is 53.2 Å². The molecule has 0 spiro atoms. The van der Waals surface area contributed by atoms with E-state index >= 15 is 8.78 Å². The van der Waals surface area contributed by atoms with Crippen LogP contribution < -0.4 is 5.32 Å². The molecule has 0 radical (unpaired) electrons. The first kappa shape index (κ1) is 27.0. The topological polar surface area (TPSA) is 61.6 Å². The van der Waals surface area contributed by atoms with Crippen LogP contribution >= 0.6 is 0 Å². The molecule has 1 N–H and O–H groups in total. The van der Waals surface area contributed by atoms with Crippen molar-refractivity contribution < 1.29 is 18.0 Å². The number of fused-ring (bicyclic) bond motifs is 1. The van der Waals surface area contributed by atoms with Crippen LogP contribution in [0.2, 0.25) is 0 Å². The van der Waals surface area contributed by atoms with Gasteiger partial charge in [0, 0.05) is 68.9 Å². The van der Waals surface area contributed by atoms with Gasteiger partial charge in [0.05, 0.1) is 0 Å². The fourth-order valence-corrected chi connectivity index (χ4v) is 5.23. The Morgan fingerprint density at radius 1 is 1.05 bits per heavy atom. The van der Waals surface area contributed by atoms with Gasteiger partial charge in [-0.1, -0.05) is 24.3 Å². The molecule has 0 aliphatic carbocycles. The quantitative estimate of drug-likeness (QED) is 0.322. The first-order valence-electron chi connectivity index (χ1n) is 13.6. The van der Waals surface area contributed by atoms with Crippen LogP contribution in [-0.2, 0) is 13.0 Å². The van der Waals surface area contributed by atoms with Gasteiger partial charge in [-0.3, -0.25) is 9.69 Å². The number of amides is 1. The molecule has 5 rings (SSSR count). The van der Waals surface area contributed by atoms with Gasteiger partial charge >= 0.3 is 0 Å². The van der Waals surface area contributed by atoms with Gasteiger partial charge in [0.25, 0.3) is 5.91 Å². The van der Waals surface area contributed by atoms with E-state index in [2.05, 4.69) is 15.2 Å². The van der Waals surface area contributed by atoms with Gasteiger partial charge in [-0.05, 0) is 61.7 Å². The Balaban J connectivity index is 1.40. The second-order valence-electron chi connectivity index (χ2n) is 10.0. The number of piperazine rings is 1. The summed E-state index contributed by atoms with van der Waals surface area (Å²) in [5, 5.41) is 3.25. The first-order chi connectivity index (χ1) is 18.9. The number of oxazole rings is 1. The van der Waals surface area contributed by atoms with Gasteiger partial charge in [-0.15, -0.1) is 0 Å². The fraction of sp³-hybridized carbons (Fsp3) is 0.355. The molecule has 0 bridgehead atoms. The summed E-state index contributed by atoms with van der Waals surface area (Å²) in [6.45, 7) is 10.6. The summed E-state index contributed by atoms with van der Waals surface area (Å²) in [5.41, 5.74) is 4.76. The van der Waals surface area contributed by atoms with Crippen LogP contribution in [-0.4, -0.2) is 60.0 Å². The van der Waals surface area contributed by atoms with E-state index in [9.17, 15) is 4.79 Å². The van der Waals surface area contributed by atoms with Gasteiger partial charge < -0.3 is 14.6 Å². The number of carbonyl (C=O) groups is 1. The minimum Gasteiger partial charge on any atom is -0.440 e. The molecule has 1 aliphatic heterocycles. The maximum Gasteiger partial charge on any atom is 0.254 e. The zero-order valence-electron chi connectivity index (χ0n) is 22.7. The number of hydrogen-bond acceptors (Lipinski definition) is 5. The van der Waals surface area contributed by atoms with Crippen LogP contribution in [0.1, 0.15) is 46.8 Å². The lowest BCUT2D eigenvalue weighted by Crippen LogP contribution is -2.43. The average Bonchev–Trinajstić information content (AvgIpc) is 3.34. The van der Waals surface area contributed by atoms with Gasteiger partial charge in [0.1, 0.15) is 17.2 Å². The molecular formula is C31H34F2N4O2. The van der Waals surface area contributed by atoms with Crippen molar-refractivity contribution in [2.24, 2.45) is 0 Å². The molecule has 0 atom stereocenters. The SMILES string of the molecule is CCN(CC)C(=O)c1ccc(Cc2nc3cccc(-c4cc(F)c(CN5CCNCC5)c(F)c4)c3o2)cc1C. The first-order valence-corrected chi connectivity index (χ1v) is 13.6. The number of nitrogens with one attached hydrogen (secondary N) is 1. The third-order valence-electron chi connectivity index (χ3n) is 7.43. The van der Waals surface area contributed by atoms with Crippen LogP contribution in [0.4, 0.5) is 8.78 Å². The number of aryl methyl sites for hydroxylation is 1. The Morgan fingerprint density at radius 3 is 2.44 bits per heavy atom. The molecule has 1 aliphatic rings. The van der Waals surface area contributed by atoms with Crippen LogP contribution in [0.5, 0.6) is 0 Å². The summed E-state index contributed by atoms with van der Waals surface area (Å²) < 4.78 is 36.4. The molecule has 39 heavy (non-hydrogen) atoms. The van der Waals surface area contributed by atoms with Crippen molar-refractivity contribution in [3.05, 3.63) is 88.3 Å².